The van der Waals surface area contributed by atoms with Crippen LogP contribution >= 0.6 is 0 Å². The van der Waals surface area contributed by atoms with Crippen LogP contribution in [0.5, 0.6) is 5.75 Å². The Balaban J connectivity index is 1.45. The number of ether oxygens (including phenoxy) is 1. The van der Waals surface area contributed by atoms with E-state index in [1.54, 1.807) is 0 Å². The largest absolute Gasteiger partial charge is 0.493 e. The van der Waals surface area contributed by atoms with E-state index < -0.39 is 0 Å². The number of benzene rings is 4. The Hall–Kier alpha value is -3.43. The summed E-state index contributed by atoms with van der Waals surface area (Å²) in [4.78, 5) is 14.8. The number of hydrogen-bond acceptors (Lipinski definition) is 3. The molecule has 0 aliphatic carbocycles. The minimum absolute atomic E-state index is 0.177. The van der Waals surface area contributed by atoms with E-state index in [-0.39, 0.29) is 5.78 Å². The van der Waals surface area contributed by atoms with Crippen LogP contribution in [0.1, 0.15) is 40.4 Å². The first-order chi connectivity index (χ1) is 16.1. The van der Waals surface area contributed by atoms with Crippen LogP contribution in [0.15, 0.2) is 97.1 Å². The second-order valence-corrected chi connectivity index (χ2v) is 8.58. The van der Waals surface area contributed by atoms with Crippen molar-refractivity contribution >= 4 is 16.6 Å². The third kappa shape index (κ3) is 5.68. The van der Waals surface area contributed by atoms with Crippen molar-refractivity contribution in [1.82, 2.24) is 4.90 Å². The van der Waals surface area contributed by atoms with Gasteiger partial charge in [-0.3, -0.25) is 4.79 Å². The summed E-state index contributed by atoms with van der Waals surface area (Å²) in [6, 6.07) is 32.9. The van der Waals surface area contributed by atoms with Crippen LogP contribution in [0.25, 0.3) is 10.8 Å². The van der Waals surface area contributed by atoms with Gasteiger partial charge in [-0.15, -0.1) is 0 Å². The molecule has 3 nitrogen and oxygen atoms in total. The monoisotopic (exact) mass is 437 g/mol. The minimum Gasteiger partial charge on any atom is -0.493 e. The van der Waals surface area contributed by atoms with E-state index in [1.165, 1.54) is 11.1 Å². The fourth-order valence-corrected chi connectivity index (χ4v) is 4.37. The summed E-state index contributed by atoms with van der Waals surface area (Å²) < 4.78 is 6.28. The molecule has 33 heavy (non-hydrogen) atoms. The highest BCUT2D eigenvalue weighted by Gasteiger charge is 2.15. The molecule has 0 heterocycles. The molecule has 4 aromatic carbocycles. The van der Waals surface area contributed by atoms with E-state index in [4.69, 9.17) is 4.74 Å². The number of carbonyl (C=O) groups excluding carboxylic acids is 1. The van der Waals surface area contributed by atoms with E-state index >= 15 is 0 Å². The summed E-state index contributed by atoms with van der Waals surface area (Å²) in [7, 11) is 4.22. The van der Waals surface area contributed by atoms with Gasteiger partial charge < -0.3 is 9.64 Å². The van der Waals surface area contributed by atoms with Crippen molar-refractivity contribution < 1.29 is 9.53 Å². The number of nitrogens with zero attached hydrogens (tertiary/aromatic N) is 1. The number of carbonyl (C=O) groups is 1. The molecule has 168 valence electrons. The van der Waals surface area contributed by atoms with Crippen LogP contribution < -0.4 is 4.74 Å². The lowest BCUT2D eigenvalue weighted by molar-refractivity contribution is 0.0983. The zero-order valence-corrected chi connectivity index (χ0v) is 19.4. The van der Waals surface area contributed by atoms with Gasteiger partial charge >= 0.3 is 0 Å². The molecule has 0 amide bonds. The van der Waals surface area contributed by atoms with E-state index in [0.717, 1.165) is 28.5 Å². The zero-order valence-electron chi connectivity index (χ0n) is 19.4. The van der Waals surface area contributed by atoms with Crippen LogP contribution in [-0.4, -0.2) is 31.4 Å². The van der Waals surface area contributed by atoms with Crippen molar-refractivity contribution in [3.8, 4) is 5.75 Å². The highest BCUT2D eigenvalue weighted by Crippen LogP contribution is 2.30. The first-order valence-corrected chi connectivity index (χ1v) is 11.6. The second kappa shape index (κ2) is 10.9. The normalized spacial score (nSPS) is 12.1. The Labute approximate surface area is 196 Å². The van der Waals surface area contributed by atoms with Crippen molar-refractivity contribution in [2.75, 3.05) is 20.7 Å². The highest BCUT2D eigenvalue weighted by atomic mass is 16.5. The van der Waals surface area contributed by atoms with E-state index in [0.29, 0.717) is 25.5 Å². The van der Waals surface area contributed by atoms with Gasteiger partial charge in [0, 0.05) is 29.8 Å². The summed E-state index contributed by atoms with van der Waals surface area (Å²) in [5, 5.41) is 2.26. The summed E-state index contributed by atoms with van der Waals surface area (Å²) in [5.74, 6) is 1.07. The number of ketones is 1. The predicted molar refractivity (Wildman–Crippen MR) is 136 cm³/mol. The van der Waals surface area contributed by atoms with Crippen LogP contribution in [0.4, 0.5) is 0 Å². The summed E-state index contributed by atoms with van der Waals surface area (Å²) in [6.45, 7) is 0.633. The van der Waals surface area contributed by atoms with Crippen molar-refractivity contribution in [2.45, 2.75) is 25.3 Å². The van der Waals surface area contributed by atoms with Gasteiger partial charge in [-0.25, -0.2) is 0 Å². The topological polar surface area (TPSA) is 29.5 Å². The lowest BCUT2D eigenvalue weighted by atomic mass is 9.97. The molecule has 1 unspecified atom stereocenters. The first kappa shape index (κ1) is 22.8. The molecular formula is C30H31NO2. The van der Waals surface area contributed by atoms with Gasteiger partial charge in [0.25, 0.3) is 0 Å². The third-order valence-electron chi connectivity index (χ3n) is 6.15. The maximum atomic E-state index is 12.6. The molecule has 3 heteroatoms. The third-order valence-corrected chi connectivity index (χ3v) is 6.15. The molecule has 0 fully saturated rings. The molecule has 0 radical (unpaired) electrons. The lowest BCUT2D eigenvalue weighted by Gasteiger charge is -2.25. The van der Waals surface area contributed by atoms with Crippen molar-refractivity contribution in [2.24, 2.45) is 0 Å². The van der Waals surface area contributed by atoms with Gasteiger partial charge in [0.1, 0.15) is 5.75 Å². The van der Waals surface area contributed by atoms with Gasteiger partial charge in [-0.2, -0.15) is 0 Å². The van der Waals surface area contributed by atoms with Crippen LogP contribution in [-0.2, 0) is 6.42 Å². The Morgan fingerprint density at radius 2 is 1.42 bits per heavy atom. The number of rotatable bonds is 10. The first-order valence-electron chi connectivity index (χ1n) is 11.6. The number of hydrogen-bond donors (Lipinski definition) is 0. The molecule has 0 spiro atoms. The fraction of sp³-hybridized carbons (Fsp3) is 0.233. The Morgan fingerprint density at radius 1 is 0.788 bits per heavy atom. The maximum Gasteiger partial charge on any atom is 0.163 e. The van der Waals surface area contributed by atoms with Gasteiger partial charge in [-0.05, 0) is 43.1 Å². The van der Waals surface area contributed by atoms with Gasteiger partial charge in [-0.1, -0.05) is 91.0 Å². The lowest BCUT2D eigenvalue weighted by Crippen LogP contribution is -2.22. The van der Waals surface area contributed by atoms with Crippen molar-refractivity contribution in [3.63, 3.8) is 0 Å². The minimum atomic E-state index is 0.177. The second-order valence-electron chi connectivity index (χ2n) is 8.58. The molecule has 1 atom stereocenters. The van der Waals surface area contributed by atoms with E-state index in [2.05, 4.69) is 67.5 Å². The molecule has 0 aliphatic heterocycles. The number of aryl methyl sites for hydroxylation is 1. The number of Topliss-reactive ketones (excluding diaryl/α,β-unsaturated/α-hetero) is 1. The molecule has 0 bridgehead atoms. The molecule has 4 aromatic rings. The Bertz CT molecular complexity index is 1190. The van der Waals surface area contributed by atoms with Crippen LogP contribution in [0.2, 0.25) is 0 Å². The average Bonchev–Trinajstić information content (AvgIpc) is 2.86. The van der Waals surface area contributed by atoms with Gasteiger partial charge in [0.15, 0.2) is 5.78 Å². The van der Waals surface area contributed by atoms with E-state index in [1.807, 2.05) is 48.5 Å². The summed E-state index contributed by atoms with van der Waals surface area (Å²) >= 11 is 0. The van der Waals surface area contributed by atoms with Gasteiger partial charge in [0.2, 0.25) is 0 Å². The molecule has 0 N–H and O–H groups in total. The molecule has 0 saturated heterocycles. The fourth-order valence-electron chi connectivity index (χ4n) is 4.37. The highest BCUT2D eigenvalue weighted by molar-refractivity contribution is 5.97. The number of fused-ring (bicyclic) bond motifs is 1. The van der Waals surface area contributed by atoms with Crippen molar-refractivity contribution in [3.05, 3.63) is 114 Å². The molecule has 0 aliphatic rings. The quantitative estimate of drug-likeness (QED) is 0.258. The summed E-state index contributed by atoms with van der Waals surface area (Å²) in [5.41, 5.74) is 3.25. The average molecular weight is 438 g/mol. The van der Waals surface area contributed by atoms with Crippen LogP contribution in [0.3, 0.4) is 0 Å². The van der Waals surface area contributed by atoms with E-state index in [9.17, 15) is 4.79 Å². The van der Waals surface area contributed by atoms with Crippen LogP contribution in [0, 0.1) is 0 Å². The molecule has 0 aromatic heterocycles. The smallest absolute Gasteiger partial charge is 0.163 e. The van der Waals surface area contributed by atoms with Crippen molar-refractivity contribution in [1.29, 1.82) is 0 Å². The van der Waals surface area contributed by atoms with Gasteiger partial charge in [0.05, 0.1) is 6.61 Å². The molecule has 4 rings (SSSR count). The summed E-state index contributed by atoms with van der Waals surface area (Å²) in [6.07, 6.45) is 2.11. The molecular weight excluding hydrogens is 406 g/mol. The molecule has 0 saturated carbocycles. The maximum absolute atomic E-state index is 12.6. The zero-order chi connectivity index (χ0) is 23.0. The Kier molecular flexibility index (Phi) is 7.54. The predicted octanol–water partition coefficient (Wildman–Crippen LogP) is 6.73. The standard InChI is InChI=1S/C30H31NO2/c1-31(2)28(24-11-5-3-6-12-24)21-22-33-30-20-18-23(26-15-9-10-16-27(26)30)17-19-29(32)25-13-7-4-8-14-25/h3-16,18,20,28H,17,19,21-22H2,1-2H3. The SMILES string of the molecule is CN(C)C(CCOc1ccc(CCC(=O)c2ccccc2)c2ccccc12)c1ccccc1. The Morgan fingerprint density at radius 3 is 2.12 bits per heavy atom.